The number of aliphatic hydroxyl groups is 1. The Morgan fingerprint density at radius 2 is 2.12 bits per heavy atom. The highest BCUT2D eigenvalue weighted by Crippen LogP contribution is 2.27. The molecular formula is C22H21N5O4S. The summed E-state index contributed by atoms with van der Waals surface area (Å²) < 4.78 is 8.02. The Kier molecular flexibility index (Phi) is 5.46. The van der Waals surface area contributed by atoms with E-state index in [-0.39, 0.29) is 18.6 Å². The highest BCUT2D eigenvalue weighted by atomic mass is 32.1. The summed E-state index contributed by atoms with van der Waals surface area (Å²) in [4.78, 5) is 35.5. The quantitative estimate of drug-likeness (QED) is 0.463. The number of imidazole rings is 1. The standard InChI is InChI=1S/C22H21N5O4S/c28-9-1-7-27-18-5-4-15(26-8-2-10-31-22(26)30)12-16(18)24-21(27)25-20(29)14-3-6-19-17(11-14)23-13-32-19/h3-6,11-13,28H,1-2,7-10H2,(H,24,25,29). The first-order valence-corrected chi connectivity index (χ1v) is 11.2. The van der Waals surface area contributed by atoms with Gasteiger partial charge in [0.25, 0.3) is 5.91 Å². The molecule has 1 fully saturated rings. The fourth-order valence-corrected chi connectivity index (χ4v) is 4.45. The zero-order valence-electron chi connectivity index (χ0n) is 17.2. The smallest absolute Gasteiger partial charge is 0.414 e. The van der Waals surface area contributed by atoms with Gasteiger partial charge in [0.15, 0.2) is 0 Å². The van der Waals surface area contributed by atoms with Crippen molar-refractivity contribution in [1.82, 2.24) is 14.5 Å². The van der Waals surface area contributed by atoms with Crippen molar-refractivity contribution in [2.45, 2.75) is 19.4 Å². The number of benzene rings is 2. The molecule has 0 atom stereocenters. The molecule has 0 bridgehead atoms. The van der Waals surface area contributed by atoms with Crippen LogP contribution in [0.3, 0.4) is 0 Å². The fourth-order valence-electron chi connectivity index (χ4n) is 3.80. The second-order valence-corrected chi connectivity index (χ2v) is 8.33. The van der Waals surface area contributed by atoms with Crippen LogP contribution in [-0.4, -0.2) is 51.4 Å². The van der Waals surface area contributed by atoms with Crippen molar-refractivity contribution >= 4 is 56.2 Å². The van der Waals surface area contributed by atoms with E-state index in [4.69, 9.17) is 4.74 Å². The molecule has 164 valence electrons. The van der Waals surface area contributed by atoms with Gasteiger partial charge in [-0.3, -0.25) is 15.0 Å². The number of amides is 2. The summed E-state index contributed by atoms with van der Waals surface area (Å²) in [6.07, 6.45) is 0.903. The fraction of sp³-hybridized carbons (Fsp3) is 0.273. The van der Waals surface area contributed by atoms with Gasteiger partial charge in [-0.1, -0.05) is 0 Å². The topological polar surface area (TPSA) is 110 Å². The largest absolute Gasteiger partial charge is 0.449 e. The number of anilines is 2. The van der Waals surface area contributed by atoms with Crippen LogP contribution in [0.25, 0.3) is 21.3 Å². The van der Waals surface area contributed by atoms with Crippen LogP contribution in [0.4, 0.5) is 16.4 Å². The summed E-state index contributed by atoms with van der Waals surface area (Å²) in [5, 5.41) is 12.2. The predicted molar refractivity (Wildman–Crippen MR) is 122 cm³/mol. The Morgan fingerprint density at radius 3 is 2.97 bits per heavy atom. The molecule has 0 unspecified atom stereocenters. The molecule has 9 nitrogen and oxygen atoms in total. The average Bonchev–Trinajstić information content (AvgIpc) is 3.41. The molecule has 4 aromatic rings. The van der Waals surface area contributed by atoms with Crippen LogP contribution in [0.5, 0.6) is 0 Å². The Balaban J connectivity index is 1.48. The minimum Gasteiger partial charge on any atom is -0.449 e. The molecule has 1 aliphatic heterocycles. The summed E-state index contributed by atoms with van der Waals surface area (Å²) in [6.45, 7) is 1.51. The molecule has 2 aromatic carbocycles. The number of ether oxygens (including phenoxy) is 1. The maximum atomic E-state index is 12.9. The second-order valence-electron chi connectivity index (χ2n) is 7.45. The number of hydrogen-bond acceptors (Lipinski definition) is 7. The van der Waals surface area contributed by atoms with Crippen molar-refractivity contribution < 1.29 is 19.4 Å². The number of hydrogen-bond donors (Lipinski definition) is 2. The summed E-state index contributed by atoms with van der Waals surface area (Å²) in [5.74, 6) is 0.0930. The minimum absolute atomic E-state index is 0.0191. The third-order valence-electron chi connectivity index (χ3n) is 5.37. The molecule has 1 saturated heterocycles. The van der Waals surface area contributed by atoms with Gasteiger partial charge in [0.05, 0.1) is 33.4 Å². The predicted octanol–water partition coefficient (Wildman–Crippen LogP) is 3.63. The molecule has 1 aliphatic rings. The van der Waals surface area contributed by atoms with Crippen molar-refractivity contribution in [1.29, 1.82) is 0 Å². The summed E-state index contributed by atoms with van der Waals surface area (Å²) >= 11 is 1.52. The van der Waals surface area contributed by atoms with Crippen molar-refractivity contribution in [3.63, 3.8) is 0 Å². The number of nitrogens with zero attached hydrogens (tertiary/aromatic N) is 4. The van der Waals surface area contributed by atoms with E-state index in [1.807, 2.05) is 28.8 Å². The van der Waals surface area contributed by atoms with Crippen molar-refractivity contribution in [3.8, 4) is 0 Å². The van der Waals surface area contributed by atoms with E-state index in [1.54, 1.807) is 22.5 Å². The molecule has 0 spiro atoms. The van der Waals surface area contributed by atoms with Gasteiger partial charge in [0.1, 0.15) is 0 Å². The lowest BCUT2D eigenvalue weighted by molar-refractivity contribution is 0.102. The minimum atomic E-state index is -0.374. The number of aromatic nitrogens is 3. The highest BCUT2D eigenvalue weighted by molar-refractivity contribution is 7.16. The Morgan fingerprint density at radius 1 is 1.22 bits per heavy atom. The SMILES string of the molecule is O=C(Nc1nc2cc(N3CCCOC3=O)ccc2n1CCCO)c1ccc2scnc2c1. The monoisotopic (exact) mass is 451 g/mol. The van der Waals surface area contributed by atoms with E-state index in [0.717, 1.165) is 22.2 Å². The molecule has 32 heavy (non-hydrogen) atoms. The Labute approximate surface area is 187 Å². The Bertz CT molecular complexity index is 1310. The normalized spacial score (nSPS) is 14.2. The van der Waals surface area contributed by atoms with Crippen LogP contribution >= 0.6 is 11.3 Å². The molecule has 0 aliphatic carbocycles. The summed E-state index contributed by atoms with van der Waals surface area (Å²) in [6, 6.07) is 10.9. The van der Waals surface area contributed by atoms with Gasteiger partial charge in [-0.05, 0) is 49.2 Å². The van der Waals surface area contributed by atoms with E-state index in [9.17, 15) is 14.7 Å². The number of fused-ring (bicyclic) bond motifs is 2. The van der Waals surface area contributed by atoms with Gasteiger partial charge in [-0.25, -0.2) is 14.8 Å². The molecule has 10 heteroatoms. The summed E-state index contributed by atoms with van der Waals surface area (Å²) in [5.41, 5.74) is 5.15. The van der Waals surface area contributed by atoms with Gasteiger partial charge in [-0.15, -0.1) is 11.3 Å². The lowest BCUT2D eigenvalue weighted by Crippen LogP contribution is -2.37. The van der Waals surface area contributed by atoms with Gasteiger partial charge in [0, 0.05) is 30.9 Å². The summed E-state index contributed by atoms with van der Waals surface area (Å²) in [7, 11) is 0. The van der Waals surface area contributed by atoms with E-state index in [2.05, 4.69) is 15.3 Å². The first kappa shape index (κ1) is 20.4. The number of carbonyl (C=O) groups is 2. The number of thiazole rings is 1. The molecule has 2 amide bonds. The maximum absolute atomic E-state index is 12.9. The van der Waals surface area contributed by atoms with Crippen LogP contribution in [0.1, 0.15) is 23.2 Å². The molecule has 0 saturated carbocycles. The lowest BCUT2D eigenvalue weighted by atomic mass is 10.2. The van der Waals surface area contributed by atoms with Crippen LogP contribution in [0, 0.1) is 0 Å². The molecule has 2 aromatic heterocycles. The third-order valence-corrected chi connectivity index (χ3v) is 6.18. The zero-order chi connectivity index (χ0) is 22.1. The highest BCUT2D eigenvalue weighted by Gasteiger charge is 2.23. The molecule has 2 N–H and O–H groups in total. The van der Waals surface area contributed by atoms with Crippen molar-refractivity contribution in [2.24, 2.45) is 0 Å². The van der Waals surface area contributed by atoms with E-state index < -0.39 is 0 Å². The van der Waals surface area contributed by atoms with Crippen molar-refractivity contribution in [3.05, 3.63) is 47.5 Å². The van der Waals surface area contributed by atoms with Gasteiger partial charge < -0.3 is 14.4 Å². The number of rotatable bonds is 6. The second kappa shape index (κ2) is 8.56. The third kappa shape index (κ3) is 3.78. The van der Waals surface area contributed by atoms with E-state index in [0.29, 0.717) is 48.8 Å². The van der Waals surface area contributed by atoms with Crippen LogP contribution in [-0.2, 0) is 11.3 Å². The Hall–Kier alpha value is -3.50. The van der Waals surface area contributed by atoms with E-state index >= 15 is 0 Å². The molecular weight excluding hydrogens is 430 g/mol. The number of carbonyl (C=O) groups excluding carboxylic acids is 2. The number of nitrogens with one attached hydrogen (secondary N) is 1. The molecule has 0 radical (unpaired) electrons. The van der Waals surface area contributed by atoms with Crippen molar-refractivity contribution in [2.75, 3.05) is 30.0 Å². The van der Waals surface area contributed by atoms with Gasteiger partial charge in [-0.2, -0.15) is 0 Å². The molecule has 3 heterocycles. The van der Waals surface area contributed by atoms with Gasteiger partial charge in [0.2, 0.25) is 5.95 Å². The van der Waals surface area contributed by atoms with Crippen LogP contribution in [0.15, 0.2) is 41.9 Å². The lowest BCUT2D eigenvalue weighted by Gasteiger charge is -2.26. The number of cyclic esters (lactones) is 1. The first-order valence-electron chi connectivity index (χ1n) is 10.3. The maximum Gasteiger partial charge on any atom is 0.414 e. The van der Waals surface area contributed by atoms with Crippen LogP contribution < -0.4 is 10.2 Å². The zero-order valence-corrected chi connectivity index (χ0v) is 18.0. The van der Waals surface area contributed by atoms with Crippen LogP contribution in [0.2, 0.25) is 0 Å². The first-order chi connectivity index (χ1) is 15.6. The number of aliphatic hydroxyl groups excluding tert-OH is 1. The van der Waals surface area contributed by atoms with Gasteiger partial charge >= 0.3 is 6.09 Å². The van der Waals surface area contributed by atoms with E-state index in [1.165, 1.54) is 11.3 Å². The molecule has 5 rings (SSSR count). The average molecular weight is 452 g/mol. The number of aryl methyl sites for hydroxylation is 1.